The summed E-state index contributed by atoms with van der Waals surface area (Å²) in [7, 11) is 3.05. The van der Waals surface area contributed by atoms with E-state index in [9.17, 15) is 18.8 Å². The molecule has 160 valence electrons. The Balaban J connectivity index is 1.68. The Labute approximate surface area is 179 Å². The fourth-order valence-corrected chi connectivity index (χ4v) is 4.04. The Kier molecular flexibility index (Phi) is 5.22. The van der Waals surface area contributed by atoms with E-state index in [2.05, 4.69) is 5.32 Å². The Morgan fingerprint density at radius 3 is 2.48 bits per heavy atom. The molecule has 1 N–H and O–H groups in total. The van der Waals surface area contributed by atoms with Crippen LogP contribution in [0.3, 0.4) is 0 Å². The van der Waals surface area contributed by atoms with Crippen molar-refractivity contribution in [2.45, 2.75) is 19.6 Å². The molecule has 0 aromatic heterocycles. The minimum atomic E-state index is -0.674. The summed E-state index contributed by atoms with van der Waals surface area (Å²) in [5, 5.41) is 2.71. The summed E-state index contributed by atoms with van der Waals surface area (Å²) in [6.45, 7) is 1.97. The van der Waals surface area contributed by atoms with Gasteiger partial charge in [0.1, 0.15) is 17.7 Å². The SMILES string of the molecule is Cc1ccc(NC(=O)C2=CC3C(=O)N(C)C(=O)N(C)C3N2Cc2ccccc2)cc1F. The van der Waals surface area contributed by atoms with E-state index in [0.29, 0.717) is 17.8 Å². The topological polar surface area (TPSA) is 73.0 Å². The number of fused-ring (bicyclic) bond motifs is 1. The second kappa shape index (κ2) is 7.86. The van der Waals surface area contributed by atoms with Gasteiger partial charge in [0.2, 0.25) is 5.91 Å². The van der Waals surface area contributed by atoms with Gasteiger partial charge in [0.25, 0.3) is 5.91 Å². The van der Waals surface area contributed by atoms with Crippen molar-refractivity contribution in [2.75, 3.05) is 19.4 Å². The molecule has 2 aromatic rings. The molecule has 2 aliphatic rings. The van der Waals surface area contributed by atoms with Crippen molar-refractivity contribution in [3.63, 3.8) is 0 Å². The van der Waals surface area contributed by atoms with Gasteiger partial charge in [0.15, 0.2) is 0 Å². The number of nitrogens with zero attached hydrogens (tertiary/aromatic N) is 3. The third kappa shape index (κ3) is 3.65. The molecule has 0 aliphatic carbocycles. The number of hydrogen-bond acceptors (Lipinski definition) is 4. The molecule has 0 radical (unpaired) electrons. The lowest BCUT2D eigenvalue weighted by molar-refractivity contribution is -0.137. The lowest BCUT2D eigenvalue weighted by Gasteiger charge is -2.43. The summed E-state index contributed by atoms with van der Waals surface area (Å²) in [6, 6.07) is 13.5. The van der Waals surface area contributed by atoms with E-state index in [0.717, 1.165) is 10.5 Å². The minimum Gasteiger partial charge on any atom is -0.341 e. The summed E-state index contributed by atoms with van der Waals surface area (Å²) in [4.78, 5) is 42.8. The van der Waals surface area contributed by atoms with Gasteiger partial charge in [-0.2, -0.15) is 0 Å². The number of benzene rings is 2. The second-order valence-corrected chi connectivity index (χ2v) is 7.81. The van der Waals surface area contributed by atoms with E-state index in [1.165, 1.54) is 18.0 Å². The maximum Gasteiger partial charge on any atom is 0.327 e. The third-order valence-corrected chi connectivity index (χ3v) is 5.75. The lowest BCUT2D eigenvalue weighted by atomic mass is 10.0. The maximum absolute atomic E-state index is 13.9. The van der Waals surface area contributed by atoms with Crippen LogP contribution in [0.1, 0.15) is 11.1 Å². The molecule has 2 heterocycles. The van der Waals surface area contributed by atoms with Crippen LogP contribution in [0.25, 0.3) is 0 Å². The van der Waals surface area contributed by atoms with Gasteiger partial charge in [0.05, 0.1) is 5.92 Å². The number of amides is 4. The molecule has 31 heavy (non-hydrogen) atoms. The predicted molar refractivity (Wildman–Crippen MR) is 113 cm³/mol. The van der Waals surface area contributed by atoms with E-state index in [1.54, 1.807) is 37.1 Å². The highest BCUT2D eigenvalue weighted by atomic mass is 19.1. The number of nitrogens with one attached hydrogen (secondary N) is 1. The highest BCUT2D eigenvalue weighted by Crippen LogP contribution is 2.36. The number of hydrogen-bond donors (Lipinski definition) is 1. The third-order valence-electron chi connectivity index (χ3n) is 5.75. The van der Waals surface area contributed by atoms with Gasteiger partial charge in [-0.25, -0.2) is 9.18 Å². The summed E-state index contributed by atoms with van der Waals surface area (Å²) in [5.41, 5.74) is 1.98. The van der Waals surface area contributed by atoms with Crippen LogP contribution in [0.5, 0.6) is 0 Å². The molecule has 8 heteroatoms. The zero-order valence-electron chi connectivity index (χ0n) is 17.5. The molecule has 0 saturated carbocycles. The number of carbonyl (C=O) groups is 3. The first-order valence-electron chi connectivity index (χ1n) is 9.92. The molecular formula is C23H23FN4O3. The first kappa shape index (κ1) is 20.6. The van der Waals surface area contributed by atoms with E-state index in [4.69, 9.17) is 0 Å². The van der Waals surface area contributed by atoms with Crippen LogP contribution in [0, 0.1) is 18.7 Å². The van der Waals surface area contributed by atoms with Gasteiger partial charge in [-0.15, -0.1) is 0 Å². The van der Waals surface area contributed by atoms with E-state index in [1.807, 2.05) is 30.3 Å². The second-order valence-electron chi connectivity index (χ2n) is 7.81. The van der Waals surface area contributed by atoms with Crippen LogP contribution in [0.4, 0.5) is 14.9 Å². The smallest absolute Gasteiger partial charge is 0.327 e. The van der Waals surface area contributed by atoms with E-state index < -0.39 is 29.8 Å². The summed E-state index contributed by atoms with van der Waals surface area (Å²) >= 11 is 0. The monoisotopic (exact) mass is 422 g/mol. The first-order chi connectivity index (χ1) is 14.8. The normalized spacial score (nSPS) is 20.6. The van der Waals surface area contributed by atoms with Gasteiger partial charge < -0.3 is 15.1 Å². The number of urea groups is 1. The van der Waals surface area contributed by atoms with E-state index in [-0.39, 0.29) is 11.6 Å². The number of halogens is 1. The highest BCUT2D eigenvalue weighted by molar-refractivity contribution is 6.06. The lowest BCUT2D eigenvalue weighted by Crippen LogP contribution is -2.61. The Morgan fingerprint density at radius 1 is 1.10 bits per heavy atom. The average molecular weight is 422 g/mol. The van der Waals surface area contributed by atoms with E-state index >= 15 is 0 Å². The maximum atomic E-state index is 13.9. The number of carbonyl (C=O) groups excluding carboxylic acids is 3. The Bertz CT molecular complexity index is 1090. The molecule has 1 fully saturated rings. The van der Waals surface area contributed by atoms with Crippen LogP contribution in [-0.2, 0) is 16.1 Å². The quantitative estimate of drug-likeness (QED) is 0.822. The molecule has 2 atom stereocenters. The van der Waals surface area contributed by atoms with Crippen molar-refractivity contribution in [1.29, 1.82) is 0 Å². The number of imide groups is 1. The van der Waals surface area contributed by atoms with Crippen molar-refractivity contribution in [1.82, 2.24) is 14.7 Å². The largest absolute Gasteiger partial charge is 0.341 e. The van der Waals surface area contributed by atoms with Crippen molar-refractivity contribution < 1.29 is 18.8 Å². The Morgan fingerprint density at radius 2 is 1.81 bits per heavy atom. The van der Waals surface area contributed by atoms with Crippen LogP contribution in [0.15, 0.2) is 60.3 Å². The molecule has 7 nitrogen and oxygen atoms in total. The van der Waals surface area contributed by atoms with Gasteiger partial charge in [0, 0.05) is 26.3 Å². The molecular weight excluding hydrogens is 399 g/mol. The van der Waals surface area contributed by atoms with Crippen molar-refractivity contribution in [2.24, 2.45) is 5.92 Å². The van der Waals surface area contributed by atoms with Gasteiger partial charge in [-0.3, -0.25) is 14.5 Å². The fourth-order valence-electron chi connectivity index (χ4n) is 4.04. The number of rotatable bonds is 4. The number of anilines is 1. The van der Waals surface area contributed by atoms with Crippen molar-refractivity contribution in [3.8, 4) is 0 Å². The van der Waals surface area contributed by atoms with Gasteiger partial charge in [-0.1, -0.05) is 36.4 Å². The molecule has 1 saturated heterocycles. The molecule has 2 aromatic carbocycles. The number of aryl methyl sites for hydroxylation is 1. The zero-order chi connectivity index (χ0) is 22.3. The molecule has 2 unspecified atom stereocenters. The van der Waals surface area contributed by atoms with Gasteiger partial charge >= 0.3 is 6.03 Å². The highest BCUT2D eigenvalue weighted by Gasteiger charge is 2.50. The zero-order valence-corrected chi connectivity index (χ0v) is 17.5. The molecule has 4 rings (SSSR count). The van der Waals surface area contributed by atoms with Crippen molar-refractivity contribution >= 4 is 23.5 Å². The summed E-state index contributed by atoms with van der Waals surface area (Å²) in [5.74, 6) is -1.93. The summed E-state index contributed by atoms with van der Waals surface area (Å²) in [6.07, 6.45) is 0.974. The standard InChI is InChI=1S/C23H23FN4O3/c1-14-9-10-16(11-18(14)24)25-20(29)19-12-17-21(26(2)23(31)27(3)22(17)30)28(19)13-15-7-5-4-6-8-15/h4-12,17,21H,13H2,1-3H3,(H,25,29). The first-order valence-corrected chi connectivity index (χ1v) is 9.92. The minimum absolute atomic E-state index is 0.267. The van der Waals surface area contributed by atoms with Gasteiger partial charge in [-0.05, 0) is 36.3 Å². The van der Waals surface area contributed by atoms with Crippen molar-refractivity contribution in [3.05, 3.63) is 77.2 Å². The average Bonchev–Trinajstić information content (AvgIpc) is 3.13. The predicted octanol–water partition coefficient (Wildman–Crippen LogP) is 2.94. The molecule has 2 aliphatic heterocycles. The van der Waals surface area contributed by atoms with Crippen LogP contribution in [-0.4, -0.2) is 52.8 Å². The Hall–Kier alpha value is -3.68. The fraction of sp³-hybridized carbons (Fsp3) is 0.261. The van der Waals surface area contributed by atoms with Crippen LogP contribution >= 0.6 is 0 Å². The molecule has 0 spiro atoms. The van der Waals surface area contributed by atoms with Crippen LogP contribution in [0.2, 0.25) is 0 Å². The summed E-state index contributed by atoms with van der Waals surface area (Å²) < 4.78 is 13.9. The molecule has 4 amide bonds. The molecule has 0 bridgehead atoms. The van der Waals surface area contributed by atoms with Crippen LogP contribution < -0.4 is 5.32 Å².